The number of anilines is 1. The summed E-state index contributed by atoms with van der Waals surface area (Å²) in [6.45, 7) is 2.46. The lowest BCUT2D eigenvalue weighted by Gasteiger charge is -2.31. The van der Waals surface area contributed by atoms with Crippen molar-refractivity contribution in [1.29, 1.82) is 0 Å². The first-order valence-corrected chi connectivity index (χ1v) is 16.4. The third kappa shape index (κ3) is 10.2. The third-order valence-electron chi connectivity index (χ3n) is 7.14. The number of nitrogens with zero attached hydrogens (tertiary/aromatic N) is 1. The highest BCUT2D eigenvalue weighted by atomic mass is 32.2. The molecule has 45 heavy (non-hydrogen) atoms. The lowest BCUT2D eigenvalue weighted by molar-refractivity contribution is -0.142. The summed E-state index contributed by atoms with van der Waals surface area (Å²) < 4.78 is 47.0. The van der Waals surface area contributed by atoms with E-state index in [-0.39, 0.29) is 35.4 Å². The van der Waals surface area contributed by atoms with Crippen molar-refractivity contribution in [2.75, 3.05) is 17.9 Å². The van der Waals surface area contributed by atoms with Crippen molar-refractivity contribution in [3.63, 3.8) is 0 Å². The summed E-state index contributed by atoms with van der Waals surface area (Å²) in [6.07, 6.45) is 3.19. The Labute approximate surface area is 264 Å². The van der Waals surface area contributed by atoms with Crippen LogP contribution < -0.4 is 14.8 Å². The number of amides is 2. The minimum Gasteiger partial charge on any atom is -0.484 e. The van der Waals surface area contributed by atoms with Crippen molar-refractivity contribution >= 4 is 27.5 Å². The smallest absolute Gasteiger partial charge is 0.261 e. The number of carbonyl (C=O) groups excluding carboxylic acids is 2. The van der Waals surface area contributed by atoms with Crippen LogP contribution in [0.3, 0.4) is 0 Å². The summed E-state index contributed by atoms with van der Waals surface area (Å²) in [5.74, 6) is -0.816. The second-order valence-corrected chi connectivity index (χ2v) is 12.3. The summed E-state index contributed by atoms with van der Waals surface area (Å²) in [5.41, 5.74) is 2.01. The lowest BCUT2D eigenvalue weighted by atomic mass is 10.0. The van der Waals surface area contributed by atoms with Gasteiger partial charge in [0.15, 0.2) is 6.61 Å². The summed E-state index contributed by atoms with van der Waals surface area (Å²) in [6, 6.07) is 28.8. The molecule has 0 spiro atoms. The van der Waals surface area contributed by atoms with Crippen LogP contribution in [-0.4, -0.2) is 44.3 Å². The first kappa shape index (κ1) is 33.2. The number of rotatable bonds is 16. The largest absolute Gasteiger partial charge is 0.484 e. The molecule has 4 aromatic rings. The summed E-state index contributed by atoms with van der Waals surface area (Å²) in [7, 11) is -3.93. The number of ether oxygens (including phenoxy) is 1. The van der Waals surface area contributed by atoms with Gasteiger partial charge in [-0.2, -0.15) is 0 Å². The Morgan fingerprint density at radius 1 is 0.822 bits per heavy atom. The predicted molar refractivity (Wildman–Crippen MR) is 173 cm³/mol. The number of halogens is 1. The molecule has 0 heterocycles. The monoisotopic (exact) mass is 631 g/mol. The molecule has 0 aliphatic heterocycles. The van der Waals surface area contributed by atoms with Gasteiger partial charge < -0.3 is 15.0 Å². The topological polar surface area (TPSA) is 105 Å². The first-order chi connectivity index (χ1) is 21.7. The van der Waals surface area contributed by atoms with Crippen molar-refractivity contribution in [3.05, 3.63) is 126 Å². The predicted octanol–water partition coefficient (Wildman–Crippen LogP) is 5.95. The van der Waals surface area contributed by atoms with Gasteiger partial charge in [-0.05, 0) is 66.1 Å². The number of hydrogen-bond donors (Lipinski definition) is 2. The van der Waals surface area contributed by atoms with Gasteiger partial charge in [0.1, 0.15) is 17.6 Å². The SMILES string of the molecule is CCCCCNC(=O)[C@@H](Cc1ccccc1)N(Cc1ccccc1)C(=O)COc1ccc(S(=O)(=O)Nc2ccc(F)cc2)cc1. The van der Waals surface area contributed by atoms with Crippen LogP contribution in [0.5, 0.6) is 5.75 Å². The van der Waals surface area contributed by atoms with Gasteiger partial charge in [-0.1, -0.05) is 80.4 Å². The van der Waals surface area contributed by atoms with E-state index in [0.717, 1.165) is 42.5 Å². The molecular formula is C35H38FN3O5S. The van der Waals surface area contributed by atoms with E-state index >= 15 is 0 Å². The first-order valence-electron chi connectivity index (χ1n) is 14.9. The van der Waals surface area contributed by atoms with Crippen molar-refractivity contribution < 1.29 is 27.1 Å². The van der Waals surface area contributed by atoms with Gasteiger partial charge in [-0.15, -0.1) is 0 Å². The standard InChI is InChI=1S/C35H38FN3O5S/c1-2-3-10-23-37-35(41)33(24-27-11-6-4-7-12-27)39(25-28-13-8-5-9-14-28)34(40)26-44-31-19-21-32(22-20-31)45(42,43)38-30-17-15-29(36)16-18-30/h4-9,11-22,33,38H,2-3,10,23-26H2,1H3,(H,37,41)/t33-/m1/s1. The van der Waals surface area contributed by atoms with Crippen LogP contribution in [0.4, 0.5) is 10.1 Å². The number of carbonyl (C=O) groups is 2. The molecule has 0 unspecified atom stereocenters. The normalized spacial score (nSPS) is 11.8. The van der Waals surface area contributed by atoms with E-state index in [2.05, 4.69) is 17.0 Å². The van der Waals surface area contributed by atoms with Gasteiger partial charge in [-0.3, -0.25) is 14.3 Å². The van der Waals surface area contributed by atoms with Gasteiger partial charge in [-0.25, -0.2) is 12.8 Å². The Bertz CT molecular complexity index is 1620. The molecule has 0 aromatic heterocycles. The second kappa shape index (κ2) is 16.4. The third-order valence-corrected chi connectivity index (χ3v) is 8.54. The number of hydrogen-bond acceptors (Lipinski definition) is 5. The molecule has 0 radical (unpaired) electrons. The Balaban J connectivity index is 1.50. The minimum atomic E-state index is -3.93. The molecule has 4 rings (SSSR count). The van der Waals surface area contributed by atoms with Crippen LogP contribution in [0.1, 0.15) is 37.3 Å². The lowest BCUT2D eigenvalue weighted by Crippen LogP contribution is -2.51. The number of nitrogens with one attached hydrogen (secondary N) is 2. The fraction of sp³-hybridized carbons (Fsp3) is 0.257. The molecular weight excluding hydrogens is 593 g/mol. The number of benzene rings is 4. The van der Waals surface area contributed by atoms with Crippen molar-refractivity contribution in [2.45, 2.75) is 50.1 Å². The van der Waals surface area contributed by atoms with Crippen LogP contribution in [0, 0.1) is 5.82 Å². The van der Waals surface area contributed by atoms with E-state index < -0.39 is 27.8 Å². The maximum absolute atomic E-state index is 13.8. The Morgan fingerprint density at radius 3 is 2.07 bits per heavy atom. The van der Waals surface area contributed by atoms with E-state index in [1.165, 1.54) is 36.4 Å². The Kier molecular flexibility index (Phi) is 12.1. The van der Waals surface area contributed by atoms with Gasteiger partial charge >= 0.3 is 0 Å². The van der Waals surface area contributed by atoms with E-state index in [4.69, 9.17) is 4.74 Å². The maximum atomic E-state index is 13.8. The van der Waals surface area contributed by atoms with Crippen molar-refractivity contribution in [3.8, 4) is 5.75 Å². The van der Waals surface area contributed by atoms with E-state index in [1.807, 2.05) is 60.7 Å². The van der Waals surface area contributed by atoms with Crippen LogP contribution in [0.2, 0.25) is 0 Å². The molecule has 10 heteroatoms. The van der Waals surface area contributed by atoms with Gasteiger partial charge in [0.05, 0.1) is 4.90 Å². The van der Waals surface area contributed by atoms with Gasteiger partial charge in [0, 0.05) is 25.2 Å². The highest BCUT2D eigenvalue weighted by Crippen LogP contribution is 2.21. The molecule has 0 saturated carbocycles. The van der Waals surface area contributed by atoms with Gasteiger partial charge in [0.2, 0.25) is 5.91 Å². The molecule has 0 aliphatic rings. The Morgan fingerprint density at radius 2 is 1.44 bits per heavy atom. The molecule has 0 bridgehead atoms. The molecule has 4 aromatic carbocycles. The number of sulfonamides is 1. The van der Waals surface area contributed by atoms with Crippen LogP contribution >= 0.6 is 0 Å². The summed E-state index contributed by atoms with van der Waals surface area (Å²) >= 11 is 0. The van der Waals surface area contributed by atoms with Crippen molar-refractivity contribution in [1.82, 2.24) is 10.2 Å². The summed E-state index contributed by atoms with van der Waals surface area (Å²) in [4.78, 5) is 28.9. The molecule has 0 saturated heterocycles. The minimum absolute atomic E-state index is 0.0288. The fourth-order valence-corrected chi connectivity index (χ4v) is 5.77. The second-order valence-electron chi connectivity index (χ2n) is 10.6. The molecule has 1 atom stereocenters. The van der Waals surface area contributed by atoms with E-state index in [1.54, 1.807) is 4.90 Å². The summed E-state index contributed by atoms with van der Waals surface area (Å²) in [5, 5.41) is 3.02. The van der Waals surface area contributed by atoms with Crippen molar-refractivity contribution in [2.24, 2.45) is 0 Å². The van der Waals surface area contributed by atoms with Crippen LogP contribution in [0.15, 0.2) is 114 Å². The molecule has 0 fully saturated rings. The average molecular weight is 632 g/mol. The van der Waals surface area contributed by atoms with E-state index in [9.17, 15) is 22.4 Å². The van der Waals surface area contributed by atoms with Crippen LogP contribution in [0.25, 0.3) is 0 Å². The molecule has 8 nitrogen and oxygen atoms in total. The van der Waals surface area contributed by atoms with Gasteiger partial charge in [0.25, 0.3) is 15.9 Å². The zero-order valence-electron chi connectivity index (χ0n) is 25.2. The Hall–Kier alpha value is -4.70. The molecule has 2 N–H and O–H groups in total. The molecule has 0 aliphatic carbocycles. The van der Waals surface area contributed by atoms with Crippen LogP contribution in [-0.2, 0) is 32.6 Å². The zero-order chi connectivity index (χ0) is 32.1. The zero-order valence-corrected chi connectivity index (χ0v) is 26.0. The quantitative estimate of drug-likeness (QED) is 0.149. The van der Waals surface area contributed by atoms with E-state index in [0.29, 0.717) is 13.0 Å². The molecule has 2 amide bonds. The average Bonchev–Trinajstić information content (AvgIpc) is 3.05. The highest BCUT2D eigenvalue weighted by molar-refractivity contribution is 7.92. The molecule has 236 valence electrons. The highest BCUT2D eigenvalue weighted by Gasteiger charge is 2.30. The number of unbranched alkanes of at least 4 members (excludes halogenated alkanes) is 2. The maximum Gasteiger partial charge on any atom is 0.261 e. The fourth-order valence-electron chi connectivity index (χ4n) is 4.71.